The molecule has 0 bridgehead atoms. The van der Waals surface area contributed by atoms with Crippen molar-refractivity contribution < 1.29 is 24.2 Å². The number of likely N-dealkylation sites (tertiary alicyclic amines) is 1. The first-order valence-corrected chi connectivity index (χ1v) is 13.9. The molecule has 3 heterocycles. The van der Waals surface area contributed by atoms with Crippen LogP contribution in [0.15, 0.2) is 72.9 Å². The van der Waals surface area contributed by atoms with Crippen molar-refractivity contribution in [3.63, 3.8) is 0 Å². The number of carbonyl (C=O) groups is 2. The molecule has 1 aliphatic heterocycles. The normalized spacial score (nSPS) is 14.9. The number of benzene rings is 3. The number of nitrogens with zero attached hydrogens (tertiary/aromatic N) is 4. The SMILES string of the molecule is CCOC(=O)Cc1ccccc1OCc1nn([C@H]2CCN(C(=O)O)C2)c2ccc(-c3cccc4c(N)nccc34)cc12. The topological polar surface area (TPSA) is 133 Å². The van der Waals surface area contributed by atoms with Gasteiger partial charge in [-0.2, -0.15) is 5.10 Å². The molecule has 10 nitrogen and oxygen atoms in total. The fourth-order valence-corrected chi connectivity index (χ4v) is 5.66. The highest BCUT2D eigenvalue weighted by Crippen LogP contribution is 2.35. The average Bonchev–Trinajstić information content (AvgIpc) is 3.62. The van der Waals surface area contributed by atoms with E-state index in [1.165, 1.54) is 4.90 Å². The molecule has 3 aromatic carbocycles. The van der Waals surface area contributed by atoms with E-state index in [0.29, 0.717) is 43.4 Å². The van der Waals surface area contributed by atoms with Crippen molar-refractivity contribution in [2.75, 3.05) is 25.4 Å². The first-order valence-electron chi connectivity index (χ1n) is 13.9. The van der Waals surface area contributed by atoms with Gasteiger partial charge in [-0.15, -0.1) is 0 Å². The van der Waals surface area contributed by atoms with E-state index in [4.69, 9.17) is 20.3 Å². The minimum absolute atomic E-state index is 0.0947. The summed E-state index contributed by atoms with van der Waals surface area (Å²) in [5.41, 5.74) is 10.5. The number of fused-ring (bicyclic) bond motifs is 2. The summed E-state index contributed by atoms with van der Waals surface area (Å²) in [7, 11) is 0. The number of hydrogen-bond acceptors (Lipinski definition) is 7. The zero-order valence-electron chi connectivity index (χ0n) is 23.2. The summed E-state index contributed by atoms with van der Waals surface area (Å²) in [6.45, 7) is 3.08. The molecule has 1 fully saturated rings. The van der Waals surface area contributed by atoms with Crippen LogP contribution in [0.25, 0.3) is 32.8 Å². The van der Waals surface area contributed by atoms with Crippen LogP contribution in [0, 0.1) is 0 Å². The molecule has 1 saturated heterocycles. The van der Waals surface area contributed by atoms with Crippen molar-refractivity contribution in [3.05, 3.63) is 84.2 Å². The molecule has 10 heteroatoms. The number of pyridine rings is 1. The van der Waals surface area contributed by atoms with E-state index in [9.17, 15) is 14.7 Å². The molecule has 5 aromatic rings. The Morgan fingerprint density at radius 2 is 1.90 bits per heavy atom. The van der Waals surface area contributed by atoms with E-state index in [-0.39, 0.29) is 25.0 Å². The summed E-state index contributed by atoms with van der Waals surface area (Å²) < 4.78 is 13.3. The van der Waals surface area contributed by atoms with Gasteiger partial charge in [0.05, 0.1) is 24.6 Å². The number of carboxylic acid groups (broad SMARTS) is 1. The van der Waals surface area contributed by atoms with Crippen LogP contribution in [-0.4, -0.2) is 56.5 Å². The molecular weight excluding hydrogens is 534 g/mol. The maximum absolute atomic E-state index is 12.2. The highest BCUT2D eigenvalue weighted by molar-refractivity contribution is 6.02. The van der Waals surface area contributed by atoms with Crippen molar-refractivity contribution in [2.24, 2.45) is 0 Å². The predicted molar refractivity (Wildman–Crippen MR) is 159 cm³/mol. The molecule has 6 rings (SSSR count). The third kappa shape index (κ3) is 5.18. The molecular formula is C32H31N5O5. The van der Waals surface area contributed by atoms with Gasteiger partial charge in [0.1, 0.15) is 23.9 Å². The van der Waals surface area contributed by atoms with Crippen molar-refractivity contribution in [2.45, 2.75) is 32.4 Å². The quantitative estimate of drug-likeness (QED) is 0.238. The number of anilines is 1. The summed E-state index contributed by atoms with van der Waals surface area (Å²) in [6.07, 6.45) is 1.56. The smallest absolute Gasteiger partial charge is 0.407 e. The number of amides is 1. The number of esters is 1. The Bertz CT molecular complexity index is 1800. The summed E-state index contributed by atoms with van der Waals surface area (Å²) in [6, 6.07) is 21.4. The number of nitrogen functional groups attached to an aromatic ring is 1. The molecule has 3 N–H and O–H groups in total. The first-order chi connectivity index (χ1) is 20.4. The summed E-state index contributed by atoms with van der Waals surface area (Å²) in [5, 5.41) is 17.3. The molecule has 0 radical (unpaired) electrons. The number of aromatic nitrogens is 3. The molecule has 1 amide bonds. The molecule has 214 valence electrons. The van der Waals surface area contributed by atoms with Crippen molar-refractivity contribution in [1.29, 1.82) is 0 Å². The largest absolute Gasteiger partial charge is 0.487 e. The molecule has 2 aromatic heterocycles. The van der Waals surface area contributed by atoms with Gasteiger partial charge in [-0.25, -0.2) is 9.78 Å². The Balaban J connectivity index is 1.40. The third-order valence-corrected chi connectivity index (χ3v) is 7.69. The van der Waals surface area contributed by atoms with Gasteiger partial charge < -0.3 is 25.2 Å². The third-order valence-electron chi connectivity index (χ3n) is 7.69. The standard InChI is InChI=1S/C32H31N5O5/c1-2-41-30(38)17-21-6-3-4-9-29(21)42-19-27-26-16-20(23-7-5-8-25-24(23)12-14-34-31(25)33)10-11-28(26)37(35-27)22-13-15-36(18-22)32(39)40/h3-12,14,16,22H,2,13,15,17-19H2,1H3,(H2,33,34)(H,39,40)/t22-/m0/s1. The Labute approximate surface area is 242 Å². The van der Waals surface area contributed by atoms with Crippen LogP contribution in [-0.2, 0) is 22.6 Å². The van der Waals surface area contributed by atoms with Crippen LogP contribution in [0.2, 0.25) is 0 Å². The summed E-state index contributed by atoms with van der Waals surface area (Å²) in [4.78, 5) is 29.4. The van der Waals surface area contributed by atoms with Gasteiger partial charge in [-0.05, 0) is 54.1 Å². The number of rotatable bonds is 8. The van der Waals surface area contributed by atoms with Crippen molar-refractivity contribution >= 4 is 39.6 Å². The molecule has 0 spiro atoms. The number of nitrogens with two attached hydrogens (primary N) is 1. The lowest BCUT2D eigenvalue weighted by Crippen LogP contribution is -2.27. The van der Waals surface area contributed by atoms with E-state index < -0.39 is 6.09 Å². The molecule has 1 atom stereocenters. The summed E-state index contributed by atoms with van der Waals surface area (Å²) >= 11 is 0. The Kier molecular flexibility index (Phi) is 7.35. The summed E-state index contributed by atoms with van der Waals surface area (Å²) in [5.74, 6) is 0.741. The van der Waals surface area contributed by atoms with E-state index >= 15 is 0 Å². The van der Waals surface area contributed by atoms with Gasteiger partial charge in [0, 0.05) is 35.6 Å². The minimum atomic E-state index is -0.928. The predicted octanol–water partition coefficient (Wildman–Crippen LogP) is 5.44. The van der Waals surface area contributed by atoms with Crippen LogP contribution in [0.3, 0.4) is 0 Å². The molecule has 1 aliphatic rings. The molecule has 42 heavy (non-hydrogen) atoms. The van der Waals surface area contributed by atoms with Gasteiger partial charge in [0.25, 0.3) is 0 Å². The lowest BCUT2D eigenvalue weighted by atomic mass is 9.97. The van der Waals surface area contributed by atoms with Crippen LogP contribution in [0.5, 0.6) is 5.75 Å². The maximum atomic E-state index is 12.2. The number of hydrogen-bond donors (Lipinski definition) is 2. The molecule has 0 aliphatic carbocycles. The van der Waals surface area contributed by atoms with Gasteiger partial charge in [0.15, 0.2) is 0 Å². The fraction of sp³-hybridized carbons (Fsp3) is 0.250. The highest BCUT2D eigenvalue weighted by atomic mass is 16.5. The van der Waals surface area contributed by atoms with Gasteiger partial charge >= 0.3 is 12.1 Å². The maximum Gasteiger partial charge on any atom is 0.407 e. The van der Waals surface area contributed by atoms with E-state index in [1.807, 2.05) is 53.2 Å². The average molecular weight is 566 g/mol. The first kappa shape index (κ1) is 27.1. The lowest BCUT2D eigenvalue weighted by Gasteiger charge is -2.14. The second kappa shape index (κ2) is 11.4. The number of ether oxygens (including phenoxy) is 2. The van der Waals surface area contributed by atoms with E-state index in [2.05, 4.69) is 23.2 Å². The van der Waals surface area contributed by atoms with Gasteiger partial charge in [-0.3, -0.25) is 9.48 Å². The zero-order chi connectivity index (χ0) is 29.2. The van der Waals surface area contributed by atoms with Crippen LogP contribution in [0.1, 0.15) is 30.6 Å². The van der Waals surface area contributed by atoms with Crippen LogP contribution >= 0.6 is 0 Å². The van der Waals surface area contributed by atoms with Crippen LogP contribution < -0.4 is 10.5 Å². The Morgan fingerprint density at radius 3 is 2.71 bits per heavy atom. The highest BCUT2D eigenvalue weighted by Gasteiger charge is 2.29. The second-order valence-electron chi connectivity index (χ2n) is 10.3. The van der Waals surface area contributed by atoms with Crippen molar-refractivity contribution in [3.8, 4) is 16.9 Å². The Hall–Kier alpha value is -5.12. The minimum Gasteiger partial charge on any atom is -0.487 e. The molecule has 0 saturated carbocycles. The monoisotopic (exact) mass is 565 g/mol. The van der Waals surface area contributed by atoms with Gasteiger partial charge in [0.2, 0.25) is 0 Å². The fourth-order valence-electron chi connectivity index (χ4n) is 5.66. The van der Waals surface area contributed by atoms with E-state index in [1.54, 1.807) is 13.1 Å². The van der Waals surface area contributed by atoms with Crippen LogP contribution in [0.4, 0.5) is 10.6 Å². The number of para-hydroxylation sites is 1. The zero-order valence-corrected chi connectivity index (χ0v) is 23.2. The lowest BCUT2D eigenvalue weighted by molar-refractivity contribution is -0.142. The van der Waals surface area contributed by atoms with E-state index in [0.717, 1.165) is 38.4 Å². The second-order valence-corrected chi connectivity index (χ2v) is 10.3. The van der Waals surface area contributed by atoms with Crippen molar-refractivity contribution in [1.82, 2.24) is 19.7 Å². The Morgan fingerprint density at radius 1 is 1.05 bits per heavy atom. The molecule has 0 unspecified atom stereocenters. The van der Waals surface area contributed by atoms with Gasteiger partial charge in [-0.1, -0.05) is 42.5 Å². The number of carbonyl (C=O) groups excluding carboxylic acids is 1.